The Morgan fingerprint density at radius 3 is 2.41 bits per heavy atom. The van der Waals surface area contributed by atoms with Crippen LogP contribution >= 0.6 is 11.6 Å². The SMILES string of the molecule is CCN(CC(=O)N[C@H](C)c1ccccc1OC)S(=O)(=O)c1ccc(Cl)cc1. The van der Waals surface area contributed by atoms with E-state index in [0.29, 0.717) is 10.8 Å². The number of hydrogen-bond donors (Lipinski definition) is 1. The number of methoxy groups -OCH3 is 1. The van der Waals surface area contributed by atoms with E-state index in [1.54, 1.807) is 20.1 Å². The molecule has 146 valence electrons. The van der Waals surface area contributed by atoms with Crippen molar-refractivity contribution in [3.63, 3.8) is 0 Å². The van der Waals surface area contributed by atoms with E-state index >= 15 is 0 Å². The number of carbonyl (C=O) groups excluding carboxylic acids is 1. The average molecular weight is 411 g/mol. The van der Waals surface area contributed by atoms with Crippen LogP contribution in [0.25, 0.3) is 0 Å². The molecule has 0 radical (unpaired) electrons. The molecular weight excluding hydrogens is 388 g/mol. The van der Waals surface area contributed by atoms with E-state index < -0.39 is 15.9 Å². The van der Waals surface area contributed by atoms with Gasteiger partial charge in [-0.25, -0.2) is 8.42 Å². The Bertz CT molecular complexity index is 885. The Hall–Kier alpha value is -2.09. The van der Waals surface area contributed by atoms with E-state index in [0.717, 1.165) is 9.87 Å². The highest BCUT2D eigenvalue weighted by Crippen LogP contribution is 2.24. The Labute approximate surface area is 165 Å². The molecule has 0 unspecified atom stereocenters. The molecule has 0 saturated heterocycles. The van der Waals surface area contributed by atoms with Gasteiger partial charge in [-0.3, -0.25) is 4.79 Å². The largest absolute Gasteiger partial charge is 0.496 e. The number of para-hydroxylation sites is 1. The summed E-state index contributed by atoms with van der Waals surface area (Å²) < 4.78 is 31.9. The molecule has 0 fully saturated rings. The zero-order valence-corrected chi connectivity index (χ0v) is 17.0. The molecule has 1 atom stereocenters. The molecule has 27 heavy (non-hydrogen) atoms. The topological polar surface area (TPSA) is 75.7 Å². The van der Waals surface area contributed by atoms with Crippen LogP contribution in [-0.4, -0.2) is 38.8 Å². The van der Waals surface area contributed by atoms with Gasteiger partial charge in [0.25, 0.3) is 0 Å². The summed E-state index contributed by atoms with van der Waals surface area (Å²) in [6.45, 7) is 3.40. The molecule has 1 N–H and O–H groups in total. The first-order valence-electron chi connectivity index (χ1n) is 8.47. The first kappa shape index (κ1) is 21.2. The van der Waals surface area contributed by atoms with E-state index in [4.69, 9.17) is 16.3 Å². The zero-order chi connectivity index (χ0) is 20.0. The van der Waals surface area contributed by atoms with Crippen LogP contribution in [0.15, 0.2) is 53.4 Å². The number of likely N-dealkylation sites (N-methyl/N-ethyl adjacent to an activating group) is 1. The van der Waals surface area contributed by atoms with E-state index in [-0.39, 0.29) is 24.0 Å². The molecule has 0 aliphatic rings. The quantitative estimate of drug-likeness (QED) is 0.724. The van der Waals surface area contributed by atoms with Crippen LogP contribution in [0.4, 0.5) is 0 Å². The van der Waals surface area contributed by atoms with Crippen molar-refractivity contribution in [2.45, 2.75) is 24.8 Å². The fraction of sp³-hybridized carbons (Fsp3) is 0.316. The number of sulfonamides is 1. The highest BCUT2D eigenvalue weighted by molar-refractivity contribution is 7.89. The Morgan fingerprint density at radius 1 is 1.19 bits per heavy atom. The Kier molecular flexibility index (Phi) is 7.24. The molecule has 2 rings (SSSR count). The third-order valence-electron chi connectivity index (χ3n) is 4.11. The second-order valence-corrected chi connectivity index (χ2v) is 8.29. The second kappa shape index (κ2) is 9.21. The number of benzene rings is 2. The van der Waals surface area contributed by atoms with Gasteiger partial charge in [-0.15, -0.1) is 0 Å². The molecule has 6 nitrogen and oxygen atoms in total. The number of nitrogens with zero attached hydrogens (tertiary/aromatic N) is 1. The number of rotatable bonds is 8. The molecule has 0 bridgehead atoms. The molecule has 2 aromatic rings. The second-order valence-electron chi connectivity index (χ2n) is 5.92. The lowest BCUT2D eigenvalue weighted by molar-refractivity contribution is -0.121. The van der Waals surface area contributed by atoms with E-state index in [2.05, 4.69) is 5.32 Å². The Morgan fingerprint density at radius 2 is 1.81 bits per heavy atom. The molecule has 0 aromatic heterocycles. The molecule has 0 spiro atoms. The minimum Gasteiger partial charge on any atom is -0.496 e. The van der Waals surface area contributed by atoms with Gasteiger partial charge in [-0.05, 0) is 37.3 Å². The van der Waals surface area contributed by atoms with Crippen LogP contribution in [0.3, 0.4) is 0 Å². The zero-order valence-electron chi connectivity index (χ0n) is 15.5. The van der Waals surface area contributed by atoms with Crippen molar-refractivity contribution >= 4 is 27.5 Å². The first-order chi connectivity index (χ1) is 12.8. The van der Waals surface area contributed by atoms with Gasteiger partial charge in [0.05, 0.1) is 24.6 Å². The maximum absolute atomic E-state index is 12.7. The van der Waals surface area contributed by atoms with Gasteiger partial charge in [0.15, 0.2) is 0 Å². The lowest BCUT2D eigenvalue weighted by Crippen LogP contribution is -2.41. The predicted octanol–water partition coefficient (Wildman–Crippen LogP) is 3.24. The monoisotopic (exact) mass is 410 g/mol. The van der Waals surface area contributed by atoms with Gasteiger partial charge >= 0.3 is 0 Å². The van der Waals surface area contributed by atoms with Crippen molar-refractivity contribution in [1.29, 1.82) is 0 Å². The van der Waals surface area contributed by atoms with Crippen LogP contribution in [0.2, 0.25) is 5.02 Å². The van der Waals surface area contributed by atoms with Crippen LogP contribution in [-0.2, 0) is 14.8 Å². The van der Waals surface area contributed by atoms with Crippen molar-refractivity contribution in [3.05, 3.63) is 59.1 Å². The van der Waals surface area contributed by atoms with E-state index in [1.807, 2.05) is 25.1 Å². The number of amides is 1. The van der Waals surface area contributed by atoms with Crippen LogP contribution < -0.4 is 10.1 Å². The Balaban J connectivity index is 2.11. The molecule has 0 aliphatic carbocycles. The van der Waals surface area contributed by atoms with Gasteiger partial charge in [0, 0.05) is 17.1 Å². The van der Waals surface area contributed by atoms with Crippen molar-refractivity contribution < 1.29 is 17.9 Å². The summed E-state index contributed by atoms with van der Waals surface area (Å²) in [6, 6.07) is 12.9. The molecule has 2 aromatic carbocycles. The molecule has 0 saturated carbocycles. The molecule has 1 amide bonds. The maximum Gasteiger partial charge on any atom is 0.243 e. The van der Waals surface area contributed by atoms with Crippen molar-refractivity contribution in [1.82, 2.24) is 9.62 Å². The maximum atomic E-state index is 12.7. The van der Waals surface area contributed by atoms with Crippen LogP contribution in [0.1, 0.15) is 25.5 Å². The number of carbonyl (C=O) groups is 1. The predicted molar refractivity (Wildman–Crippen MR) is 105 cm³/mol. The summed E-state index contributed by atoms with van der Waals surface area (Å²) >= 11 is 5.82. The third kappa shape index (κ3) is 5.22. The molecule has 8 heteroatoms. The van der Waals surface area contributed by atoms with Gasteiger partial charge in [-0.1, -0.05) is 36.7 Å². The standard InChI is InChI=1S/C19H23ClN2O4S/c1-4-22(27(24,25)16-11-9-15(20)10-12-16)13-19(23)21-14(2)17-7-5-6-8-18(17)26-3/h5-12,14H,4,13H2,1-3H3,(H,21,23)/t14-/m1/s1. The third-order valence-corrected chi connectivity index (χ3v) is 6.29. The van der Waals surface area contributed by atoms with E-state index in [1.165, 1.54) is 24.3 Å². The number of halogens is 1. The number of nitrogens with one attached hydrogen (secondary N) is 1. The summed E-state index contributed by atoms with van der Waals surface area (Å²) in [5.74, 6) is 0.263. The van der Waals surface area contributed by atoms with Crippen molar-refractivity contribution in [2.75, 3.05) is 20.2 Å². The minimum atomic E-state index is -3.79. The van der Waals surface area contributed by atoms with Crippen LogP contribution in [0.5, 0.6) is 5.75 Å². The smallest absolute Gasteiger partial charge is 0.243 e. The molecular formula is C19H23ClN2O4S. The lowest BCUT2D eigenvalue weighted by Gasteiger charge is -2.22. The molecule has 0 heterocycles. The van der Waals surface area contributed by atoms with Gasteiger partial charge < -0.3 is 10.1 Å². The normalized spacial score (nSPS) is 12.6. The number of ether oxygens (including phenoxy) is 1. The van der Waals surface area contributed by atoms with Crippen molar-refractivity contribution in [2.24, 2.45) is 0 Å². The van der Waals surface area contributed by atoms with E-state index in [9.17, 15) is 13.2 Å². The summed E-state index contributed by atoms with van der Waals surface area (Å²) in [7, 11) is -2.23. The average Bonchev–Trinajstić information content (AvgIpc) is 2.66. The van der Waals surface area contributed by atoms with Gasteiger partial charge in [0.2, 0.25) is 15.9 Å². The lowest BCUT2D eigenvalue weighted by atomic mass is 10.1. The summed E-state index contributed by atoms with van der Waals surface area (Å²) in [5.41, 5.74) is 0.817. The van der Waals surface area contributed by atoms with Gasteiger partial charge in [-0.2, -0.15) is 4.31 Å². The van der Waals surface area contributed by atoms with Gasteiger partial charge in [0.1, 0.15) is 5.75 Å². The highest BCUT2D eigenvalue weighted by atomic mass is 35.5. The minimum absolute atomic E-state index is 0.0966. The molecule has 0 aliphatic heterocycles. The van der Waals surface area contributed by atoms with Crippen LogP contribution in [0, 0.1) is 0 Å². The number of hydrogen-bond acceptors (Lipinski definition) is 4. The first-order valence-corrected chi connectivity index (χ1v) is 10.3. The summed E-state index contributed by atoms with van der Waals surface area (Å²) in [5, 5.41) is 3.27. The van der Waals surface area contributed by atoms with Crippen molar-refractivity contribution in [3.8, 4) is 5.75 Å². The fourth-order valence-electron chi connectivity index (χ4n) is 2.67. The summed E-state index contributed by atoms with van der Waals surface area (Å²) in [6.07, 6.45) is 0. The highest BCUT2D eigenvalue weighted by Gasteiger charge is 2.26. The fourth-order valence-corrected chi connectivity index (χ4v) is 4.20. The summed E-state index contributed by atoms with van der Waals surface area (Å²) in [4.78, 5) is 12.5.